The zero-order valence-corrected chi connectivity index (χ0v) is 11.2. The predicted molar refractivity (Wildman–Crippen MR) is 73.4 cm³/mol. The quantitative estimate of drug-likeness (QED) is 0.700. The van der Waals surface area contributed by atoms with E-state index < -0.39 is 11.7 Å². The Labute approximate surface area is 120 Å². The minimum atomic E-state index is -4.42. The molecule has 3 rings (SSSR count). The van der Waals surface area contributed by atoms with Gasteiger partial charge in [0.15, 0.2) is 0 Å². The summed E-state index contributed by atoms with van der Waals surface area (Å²) in [5, 5.41) is 19.3. The van der Waals surface area contributed by atoms with E-state index in [0.717, 1.165) is 12.1 Å². The van der Waals surface area contributed by atoms with Crippen LogP contribution < -0.4 is 0 Å². The largest absolute Gasteiger partial charge is 0.508 e. The minimum absolute atomic E-state index is 0.139. The van der Waals surface area contributed by atoms with Crippen molar-refractivity contribution < 1.29 is 23.4 Å². The van der Waals surface area contributed by atoms with Gasteiger partial charge in [-0.25, -0.2) is 4.98 Å². The molecule has 0 aliphatic rings. The van der Waals surface area contributed by atoms with Crippen molar-refractivity contribution in [1.82, 2.24) is 4.98 Å². The fourth-order valence-corrected chi connectivity index (χ4v) is 2.88. The summed E-state index contributed by atoms with van der Waals surface area (Å²) in [7, 11) is 0. The number of rotatable bonds is 1. The Morgan fingerprint density at radius 3 is 2.24 bits per heavy atom. The topological polar surface area (TPSA) is 53.4 Å². The Morgan fingerprint density at radius 2 is 1.62 bits per heavy atom. The van der Waals surface area contributed by atoms with E-state index in [0.29, 0.717) is 15.3 Å². The predicted octanol–water partition coefficient (Wildman–Crippen LogP) is 4.39. The molecule has 21 heavy (non-hydrogen) atoms. The third-order valence-corrected chi connectivity index (χ3v) is 3.95. The molecule has 0 atom stereocenters. The van der Waals surface area contributed by atoms with E-state index in [2.05, 4.69) is 4.98 Å². The van der Waals surface area contributed by atoms with Crippen molar-refractivity contribution in [2.24, 2.45) is 0 Å². The van der Waals surface area contributed by atoms with Crippen molar-refractivity contribution in [1.29, 1.82) is 0 Å². The first-order valence-corrected chi connectivity index (χ1v) is 6.66. The van der Waals surface area contributed by atoms with Crippen LogP contribution in [-0.4, -0.2) is 15.2 Å². The number of aromatic hydroxyl groups is 2. The summed E-state index contributed by atoms with van der Waals surface area (Å²) < 4.78 is 38.6. The number of thiazole rings is 1. The normalized spacial score (nSPS) is 12.0. The Balaban J connectivity index is 2.13. The summed E-state index contributed by atoms with van der Waals surface area (Å²) in [4.78, 5) is 4.14. The molecule has 0 saturated heterocycles. The molecule has 2 aromatic carbocycles. The number of hydrogen-bond acceptors (Lipinski definition) is 4. The van der Waals surface area contributed by atoms with Gasteiger partial charge in [0, 0.05) is 11.6 Å². The summed E-state index contributed by atoms with van der Waals surface area (Å²) >= 11 is 1.19. The highest BCUT2D eigenvalue weighted by atomic mass is 32.1. The number of aromatic nitrogens is 1. The molecule has 0 fully saturated rings. The van der Waals surface area contributed by atoms with Crippen LogP contribution in [0.5, 0.6) is 11.5 Å². The molecule has 1 heterocycles. The van der Waals surface area contributed by atoms with Crippen molar-refractivity contribution in [3.8, 4) is 22.1 Å². The third-order valence-electron chi connectivity index (χ3n) is 2.86. The van der Waals surface area contributed by atoms with E-state index in [1.807, 2.05) is 0 Å². The average molecular weight is 311 g/mol. The molecule has 3 nitrogen and oxygen atoms in total. The highest BCUT2D eigenvalue weighted by Crippen LogP contribution is 2.37. The van der Waals surface area contributed by atoms with Gasteiger partial charge in [0.25, 0.3) is 0 Å². The second kappa shape index (κ2) is 4.63. The van der Waals surface area contributed by atoms with E-state index in [1.165, 1.54) is 35.6 Å². The number of phenolic OH excluding ortho intramolecular Hbond substituents is 2. The average Bonchev–Trinajstić information content (AvgIpc) is 2.79. The van der Waals surface area contributed by atoms with E-state index in [9.17, 15) is 23.4 Å². The second-order valence-electron chi connectivity index (χ2n) is 4.44. The molecule has 7 heteroatoms. The number of alkyl halides is 3. The van der Waals surface area contributed by atoms with Crippen molar-refractivity contribution in [3.63, 3.8) is 0 Å². The van der Waals surface area contributed by atoms with Gasteiger partial charge < -0.3 is 10.2 Å². The molecule has 0 aliphatic heterocycles. The summed E-state index contributed by atoms with van der Waals surface area (Å²) in [6.45, 7) is 0. The smallest absolute Gasteiger partial charge is 0.416 e. The Kier molecular flexibility index (Phi) is 3.02. The highest BCUT2D eigenvalue weighted by Gasteiger charge is 2.30. The fourth-order valence-electron chi connectivity index (χ4n) is 1.95. The van der Waals surface area contributed by atoms with Crippen molar-refractivity contribution in [2.75, 3.05) is 0 Å². The number of nitrogens with zero attached hydrogens (tertiary/aromatic N) is 1. The lowest BCUT2D eigenvalue weighted by Gasteiger charge is -2.04. The maximum atomic E-state index is 12.7. The summed E-state index contributed by atoms with van der Waals surface area (Å²) in [6.07, 6.45) is -4.42. The van der Waals surface area contributed by atoms with Gasteiger partial charge in [-0.2, -0.15) is 13.2 Å². The van der Waals surface area contributed by atoms with Crippen molar-refractivity contribution in [3.05, 3.63) is 42.0 Å². The lowest BCUT2D eigenvalue weighted by atomic mass is 10.2. The summed E-state index contributed by atoms with van der Waals surface area (Å²) in [6, 6.07) is 7.30. The van der Waals surface area contributed by atoms with Gasteiger partial charge in [-0.1, -0.05) is 0 Å². The molecule has 0 radical (unpaired) electrons. The maximum absolute atomic E-state index is 12.7. The first-order valence-electron chi connectivity index (χ1n) is 5.84. The molecule has 0 spiro atoms. The number of phenols is 2. The van der Waals surface area contributed by atoms with Gasteiger partial charge >= 0.3 is 6.18 Å². The number of fused-ring (bicyclic) bond motifs is 1. The monoisotopic (exact) mass is 311 g/mol. The van der Waals surface area contributed by atoms with Crippen LogP contribution in [0.2, 0.25) is 0 Å². The Bertz CT molecular complexity index is 806. The molecule has 3 aromatic rings. The first kappa shape index (κ1) is 13.7. The van der Waals surface area contributed by atoms with Crippen LogP contribution in [0.15, 0.2) is 36.4 Å². The SMILES string of the molecule is Oc1cc(O)cc(-c2nc3cc(C(F)(F)F)ccc3s2)c1. The summed E-state index contributed by atoms with van der Waals surface area (Å²) in [5.41, 5.74) is -0.0828. The maximum Gasteiger partial charge on any atom is 0.416 e. The highest BCUT2D eigenvalue weighted by molar-refractivity contribution is 7.21. The third kappa shape index (κ3) is 2.64. The number of halogens is 3. The lowest BCUT2D eigenvalue weighted by Crippen LogP contribution is -2.03. The molecular formula is C14H8F3NO2S. The van der Waals surface area contributed by atoms with E-state index >= 15 is 0 Å². The van der Waals surface area contributed by atoms with Gasteiger partial charge in [0.05, 0.1) is 15.8 Å². The second-order valence-corrected chi connectivity index (χ2v) is 5.47. The van der Waals surface area contributed by atoms with Gasteiger partial charge in [-0.15, -0.1) is 11.3 Å². The first-order chi connectivity index (χ1) is 9.83. The zero-order chi connectivity index (χ0) is 15.2. The van der Waals surface area contributed by atoms with Crippen LogP contribution >= 0.6 is 11.3 Å². The van der Waals surface area contributed by atoms with Crippen LogP contribution in [-0.2, 0) is 6.18 Å². The number of benzene rings is 2. The van der Waals surface area contributed by atoms with E-state index in [-0.39, 0.29) is 17.0 Å². The van der Waals surface area contributed by atoms with Gasteiger partial charge in [-0.3, -0.25) is 0 Å². The molecular weight excluding hydrogens is 303 g/mol. The van der Waals surface area contributed by atoms with Crippen LogP contribution in [0.1, 0.15) is 5.56 Å². The zero-order valence-electron chi connectivity index (χ0n) is 10.3. The van der Waals surface area contributed by atoms with Crippen molar-refractivity contribution in [2.45, 2.75) is 6.18 Å². The molecule has 2 N–H and O–H groups in total. The summed E-state index contributed by atoms with van der Waals surface area (Å²) in [5.74, 6) is -0.277. The molecule has 0 saturated carbocycles. The molecule has 108 valence electrons. The Hall–Kier alpha value is -2.28. The molecule has 0 aliphatic carbocycles. The minimum Gasteiger partial charge on any atom is -0.508 e. The standard InChI is InChI=1S/C14H8F3NO2S/c15-14(16,17)8-1-2-12-11(5-8)18-13(21-12)7-3-9(19)6-10(20)4-7/h1-6,19-20H. The van der Waals surface area contributed by atoms with Crippen LogP contribution in [0.4, 0.5) is 13.2 Å². The van der Waals surface area contributed by atoms with Crippen molar-refractivity contribution >= 4 is 21.6 Å². The van der Waals surface area contributed by atoms with Gasteiger partial charge in [0.2, 0.25) is 0 Å². The molecule has 0 amide bonds. The van der Waals surface area contributed by atoms with Gasteiger partial charge in [-0.05, 0) is 30.3 Å². The molecule has 0 bridgehead atoms. The van der Waals surface area contributed by atoms with E-state index in [4.69, 9.17) is 0 Å². The lowest BCUT2D eigenvalue weighted by molar-refractivity contribution is -0.137. The van der Waals surface area contributed by atoms with Gasteiger partial charge in [0.1, 0.15) is 16.5 Å². The fraction of sp³-hybridized carbons (Fsp3) is 0.0714. The van der Waals surface area contributed by atoms with Crippen LogP contribution in [0.3, 0.4) is 0 Å². The van der Waals surface area contributed by atoms with Crippen LogP contribution in [0.25, 0.3) is 20.8 Å². The molecule has 0 unspecified atom stereocenters. The molecule has 1 aromatic heterocycles. The van der Waals surface area contributed by atoms with E-state index in [1.54, 1.807) is 0 Å². The van der Waals surface area contributed by atoms with Crippen LogP contribution in [0, 0.1) is 0 Å². The Morgan fingerprint density at radius 1 is 0.952 bits per heavy atom. The number of hydrogen-bond donors (Lipinski definition) is 2.